The van der Waals surface area contributed by atoms with E-state index in [0.29, 0.717) is 22.5 Å². The van der Waals surface area contributed by atoms with E-state index in [2.05, 4.69) is 11.4 Å². The number of hydrogen-bond acceptors (Lipinski definition) is 5. The summed E-state index contributed by atoms with van der Waals surface area (Å²) in [5.41, 5.74) is 9.41. The van der Waals surface area contributed by atoms with Crippen molar-refractivity contribution < 1.29 is 9.53 Å². The number of nitriles is 1. The van der Waals surface area contributed by atoms with E-state index in [9.17, 15) is 4.79 Å². The van der Waals surface area contributed by atoms with Gasteiger partial charge in [-0.15, -0.1) is 0 Å². The maximum atomic E-state index is 11.7. The van der Waals surface area contributed by atoms with Crippen molar-refractivity contribution in [3.8, 4) is 6.07 Å². The van der Waals surface area contributed by atoms with Crippen LogP contribution < -0.4 is 11.1 Å². The molecule has 0 saturated carbocycles. The molecule has 2 aromatic rings. The average molecular weight is 281 g/mol. The molecule has 0 unspecified atom stereocenters. The highest BCUT2D eigenvalue weighted by Gasteiger charge is 2.13. The number of aryl methyl sites for hydroxylation is 1. The first kappa shape index (κ1) is 14.4. The molecule has 0 heterocycles. The monoisotopic (exact) mass is 281 g/mol. The molecule has 2 aromatic carbocycles. The van der Waals surface area contributed by atoms with Crippen molar-refractivity contribution in [1.29, 1.82) is 5.26 Å². The lowest BCUT2D eigenvalue weighted by Crippen LogP contribution is -2.08. The lowest BCUT2D eigenvalue weighted by atomic mass is 10.1. The topological polar surface area (TPSA) is 88.1 Å². The van der Waals surface area contributed by atoms with Crippen LogP contribution in [0.15, 0.2) is 36.4 Å². The Balaban J connectivity index is 2.38. The summed E-state index contributed by atoms with van der Waals surface area (Å²) in [7, 11) is 1.31. The molecule has 0 atom stereocenters. The van der Waals surface area contributed by atoms with Gasteiger partial charge in [-0.05, 0) is 42.8 Å². The number of esters is 1. The van der Waals surface area contributed by atoms with Crippen molar-refractivity contribution >= 4 is 23.0 Å². The van der Waals surface area contributed by atoms with Crippen molar-refractivity contribution in [2.24, 2.45) is 0 Å². The molecule has 0 aliphatic rings. The van der Waals surface area contributed by atoms with Crippen LogP contribution in [-0.2, 0) is 4.74 Å². The molecule has 0 aliphatic heterocycles. The van der Waals surface area contributed by atoms with E-state index in [1.807, 2.05) is 19.1 Å². The van der Waals surface area contributed by atoms with Crippen molar-refractivity contribution in [2.45, 2.75) is 6.92 Å². The van der Waals surface area contributed by atoms with Gasteiger partial charge >= 0.3 is 5.97 Å². The Bertz CT molecular complexity index is 733. The van der Waals surface area contributed by atoms with Gasteiger partial charge in [0.15, 0.2) is 0 Å². The van der Waals surface area contributed by atoms with Crippen LogP contribution in [-0.4, -0.2) is 13.1 Å². The molecule has 0 saturated heterocycles. The van der Waals surface area contributed by atoms with Crippen LogP contribution in [0.4, 0.5) is 17.1 Å². The van der Waals surface area contributed by atoms with Crippen molar-refractivity contribution in [2.75, 3.05) is 18.2 Å². The van der Waals surface area contributed by atoms with Gasteiger partial charge in [-0.25, -0.2) is 4.79 Å². The first-order chi connectivity index (χ1) is 10.0. The first-order valence-electron chi connectivity index (χ1n) is 6.30. The molecule has 5 nitrogen and oxygen atoms in total. The zero-order valence-electron chi connectivity index (χ0n) is 11.8. The molecular formula is C16H15N3O2. The third-order valence-corrected chi connectivity index (χ3v) is 3.07. The Morgan fingerprint density at radius 3 is 2.71 bits per heavy atom. The zero-order valence-corrected chi connectivity index (χ0v) is 11.8. The number of carbonyl (C=O) groups excluding carboxylic acids is 1. The molecular weight excluding hydrogens is 266 g/mol. The second-order valence-corrected chi connectivity index (χ2v) is 4.56. The minimum absolute atomic E-state index is 0.316. The number of methoxy groups -OCH3 is 1. The van der Waals surface area contributed by atoms with Gasteiger partial charge in [0.05, 0.1) is 24.3 Å². The predicted octanol–water partition coefficient (Wildman–Crippen LogP) is 2.98. The fraction of sp³-hybridized carbons (Fsp3) is 0.125. The standard InChI is InChI=1S/C16H15N3O2/c1-10-6-13(8-14(15(10)18)16(20)21-2)19-12-5-3-4-11(7-12)9-17/h3-8,19H,18H2,1-2H3. The summed E-state index contributed by atoms with van der Waals surface area (Å²) >= 11 is 0. The number of rotatable bonds is 3. The van der Waals surface area contributed by atoms with Gasteiger partial charge in [0.25, 0.3) is 0 Å². The summed E-state index contributed by atoms with van der Waals surface area (Å²) in [6.07, 6.45) is 0. The summed E-state index contributed by atoms with van der Waals surface area (Å²) < 4.78 is 4.72. The number of carbonyl (C=O) groups is 1. The lowest BCUT2D eigenvalue weighted by molar-refractivity contribution is 0.0602. The van der Waals surface area contributed by atoms with Crippen LogP contribution in [0.1, 0.15) is 21.5 Å². The first-order valence-corrected chi connectivity index (χ1v) is 6.30. The number of benzene rings is 2. The summed E-state index contributed by atoms with van der Waals surface area (Å²) in [6.45, 7) is 1.82. The maximum Gasteiger partial charge on any atom is 0.340 e. The second kappa shape index (κ2) is 5.97. The zero-order chi connectivity index (χ0) is 15.4. The number of nitrogens with one attached hydrogen (secondary N) is 1. The number of nitrogens with zero attached hydrogens (tertiary/aromatic N) is 1. The molecule has 0 bridgehead atoms. The fourth-order valence-corrected chi connectivity index (χ4v) is 1.98. The lowest BCUT2D eigenvalue weighted by Gasteiger charge is -2.12. The number of anilines is 3. The fourth-order valence-electron chi connectivity index (χ4n) is 1.98. The van der Waals surface area contributed by atoms with Gasteiger partial charge in [-0.2, -0.15) is 5.26 Å². The number of ether oxygens (including phenoxy) is 1. The molecule has 0 aliphatic carbocycles. The maximum absolute atomic E-state index is 11.7. The Morgan fingerprint density at radius 1 is 1.29 bits per heavy atom. The average Bonchev–Trinajstić information content (AvgIpc) is 2.50. The third kappa shape index (κ3) is 3.12. The van der Waals surface area contributed by atoms with Gasteiger partial charge < -0.3 is 15.8 Å². The molecule has 0 amide bonds. The van der Waals surface area contributed by atoms with Gasteiger partial charge in [-0.3, -0.25) is 0 Å². The van der Waals surface area contributed by atoms with E-state index >= 15 is 0 Å². The number of nitrogens with two attached hydrogens (primary N) is 1. The minimum atomic E-state index is -0.481. The molecule has 5 heteroatoms. The highest BCUT2D eigenvalue weighted by molar-refractivity contribution is 5.97. The Kier molecular flexibility index (Phi) is 4.10. The quantitative estimate of drug-likeness (QED) is 0.667. The van der Waals surface area contributed by atoms with E-state index in [4.69, 9.17) is 15.7 Å². The van der Waals surface area contributed by atoms with Gasteiger partial charge in [0.1, 0.15) is 0 Å². The summed E-state index contributed by atoms with van der Waals surface area (Å²) in [5.74, 6) is -0.481. The van der Waals surface area contributed by atoms with Crippen LogP contribution in [0.2, 0.25) is 0 Å². The Hall–Kier alpha value is -3.00. The molecule has 0 aromatic heterocycles. The molecule has 0 radical (unpaired) electrons. The molecule has 106 valence electrons. The largest absolute Gasteiger partial charge is 0.465 e. The Labute approximate surface area is 123 Å². The summed E-state index contributed by atoms with van der Waals surface area (Å²) in [5, 5.41) is 12.1. The van der Waals surface area contributed by atoms with E-state index in [1.54, 1.807) is 24.3 Å². The van der Waals surface area contributed by atoms with Crippen molar-refractivity contribution in [3.05, 3.63) is 53.1 Å². The van der Waals surface area contributed by atoms with E-state index in [0.717, 1.165) is 11.3 Å². The van der Waals surface area contributed by atoms with Crippen LogP contribution in [0.3, 0.4) is 0 Å². The molecule has 21 heavy (non-hydrogen) atoms. The Morgan fingerprint density at radius 2 is 2.05 bits per heavy atom. The summed E-state index contributed by atoms with van der Waals surface area (Å²) in [4.78, 5) is 11.7. The smallest absolute Gasteiger partial charge is 0.340 e. The van der Waals surface area contributed by atoms with Crippen molar-refractivity contribution in [3.63, 3.8) is 0 Å². The highest BCUT2D eigenvalue weighted by atomic mass is 16.5. The van der Waals surface area contributed by atoms with E-state index < -0.39 is 5.97 Å². The minimum Gasteiger partial charge on any atom is -0.465 e. The summed E-state index contributed by atoms with van der Waals surface area (Å²) in [6, 6.07) is 12.6. The molecule has 0 spiro atoms. The van der Waals surface area contributed by atoms with Gasteiger partial charge in [0.2, 0.25) is 0 Å². The van der Waals surface area contributed by atoms with Crippen LogP contribution in [0.25, 0.3) is 0 Å². The number of nitrogen functional groups attached to an aromatic ring is 1. The number of hydrogen-bond donors (Lipinski definition) is 2. The van der Waals surface area contributed by atoms with E-state index in [1.165, 1.54) is 7.11 Å². The van der Waals surface area contributed by atoms with Crippen LogP contribution >= 0.6 is 0 Å². The van der Waals surface area contributed by atoms with E-state index in [-0.39, 0.29) is 0 Å². The third-order valence-electron chi connectivity index (χ3n) is 3.07. The van der Waals surface area contributed by atoms with Gasteiger partial charge in [-0.1, -0.05) is 6.07 Å². The highest BCUT2D eigenvalue weighted by Crippen LogP contribution is 2.26. The van der Waals surface area contributed by atoms with Crippen LogP contribution in [0, 0.1) is 18.3 Å². The van der Waals surface area contributed by atoms with Gasteiger partial charge in [0, 0.05) is 17.1 Å². The van der Waals surface area contributed by atoms with Crippen molar-refractivity contribution in [1.82, 2.24) is 0 Å². The second-order valence-electron chi connectivity index (χ2n) is 4.56. The normalized spacial score (nSPS) is 9.76. The molecule has 0 fully saturated rings. The molecule has 3 N–H and O–H groups in total. The molecule has 2 rings (SSSR count). The SMILES string of the molecule is COC(=O)c1cc(Nc2cccc(C#N)c2)cc(C)c1N. The predicted molar refractivity (Wildman–Crippen MR) is 81.4 cm³/mol. The van der Waals surface area contributed by atoms with Crippen LogP contribution in [0.5, 0.6) is 0 Å².